The minimum absolute atomic E-state index is 0.0335. The van der Waals surface area contributed by atoms with Crippen LogP contribution in [0, 0.1) is 23.7 Å². The first-order chi connectivity index (χ1) is 15.3. The molecule has 4 heterocycles. The molecule has 2 amide bonds. The molecular weight excluding hydrogens is 416 g/mol. The van der Waals surface area contributed by atoms with Gasteiger partial charge >= 0.3 is 0 Å². The van der Waals surface area contributed by atoms with Gasteiger partial charge in [-0.3, -0.25) is 14.8 Å². The van der Waals surface area contributed by atoms with Gasteiger partial charge in [0, 0.05) is 31.1 Å². The van der Waals surface area contributed by atoms with Crippen LogP contribution in [0.3, 0.4) is 0 Å². The Balaban J connectivity index is 1.34. The number of unbranched alkanes of at least 4 members (excludes halogenated alkanes) is 3. The van der Waals surface area contributed by atoms with E-state index in [2.05, 4.69) is 19.2 Å². The average Bonchev–Trinajstić information content (AvgIpc) is 3.00. The lowest BCUT2D eigenvalue weighted by atomic mass is 9.58. The molecule has 3 N–H and O–H groups in total. The Morgan fingerprint density at radius 1 is 0.969 bits per heavy atom. The summed E-state index contributed by atoms with van der Waals surface area (Å²) in [6.07, 6.45) is 6.74. The van der Waals surface area contributed by atoms with Crippen LogP contribution in [-0.2, 0) is 28.8 Å². The van der Waals surface area contributed by atoms with Crippen molar-refractivity contribution in [3.05, 3.63) is 0 Å². The number of carbonyl (C=O) groups excluding carboxylic acids is 2. The van der Waals surface area contributed by atoms with Gasteiger partial charge in [0.1, 0.15) is 6.23 Å². The molecule has 1 saturated carbocycles. The highest BCUT2D eigenvalue weighted by Crippen LogP contribution is 2.60. The van der Waals surface area contributed by atoms with Gasteiger partial charge in [-0.25, -0.2) is 15.3 Å². The molecular formula is C23H38N2O7. The molecule has 0 unspecified atom stereocenters. The largest absolute Gasteiger partial charge is 0.330 e. The van der Waals surface area contributed by atoms with Crippen molar-refractivity contribution < 1.29 is 34.0 Å². The lowest BCUT2D eigenvalue weighted by Gasteiger charge is -2.60. The number of rotatable bonds is 8. The predicted molar refractivity (Wildman–Crippen MR) is 113 cm³/mol. The van der Waals surface area contributed by atoms with Crippen molar-refractivity contribution in [2.24, 2.45) is 23.7 Å². The fraction of sp³-hybridized carbons (Fsp3) is 0.913. The van der Waals surface area contributed by atoms with Crippen molar-refractivity contribution >= 4 is 11.8 Å². The first-order valence-corrected chi connectivity index (χ1v) is 12.2. The van der Waals surface area contributed by atoms with Crippen LogP contribution < -0.4 is 10.8 Å². The molecule has 32 heavy (non-hydrogen) atoms. The van der Waals surface area contributed by atoms with E-state index in [1.54, 1.807) is 5.48 Å². The van der Waals surface area contributed by atoms with Crippen LogP contribution in [-0.4, -0.2) is 40.9 Å². The third-order valence-electron chi connectivity index (χ3n) is 8.14. The topological polar surface area (TPSA) is 115 Å². The number of carbonyl (C=O) groups is 2. The SMILES string of the molecule is C[C@H]1[C@@H](NC(=O)CCCCCCC(=O)NO)O[C@@H]2O[C@@]3(C)CC[C@H]4[C@H](C)CC[C@@H]1[C@@]24OO3. The first-order valence-electron chi connectivity index (χ1n) is 12.2. The second-order valence-corrected chi connectivity index (χ2v) is 10.3. The number of nitrogens with one attached hydrogen (secondary N) is 2. The van der Waals surface area contributed by atoms with E-state index in [9.17, 15) is 9.59 Å². The zero-order valence-electron chi connectivity index (χ0n) is 19.4. The number of hydrogen-bond acceptors (Lipinski definition) is 7. The normalized spacial score (nSPS) is 42.6. The molecule has 0 aromatic heterocycles. The van der Waals surface area contributed by atoms with Gasteiger partial charge in [0.25, 0.3) is 0 Å². The number of hydrogen-bond donors (Lipinski definition) is 3. The average molecular weight is 455 g/mol. The lowest BCUT2D eigenvalue weighted by molar-refractivity contribution is -0.571. The molecule has 5 rings (SSSR count). The molecule has 2 bridgehead atoms. The maximum absolute atomic E-state index is 12.6. The molecule has 9 nitrogen and oxygen atoms in total. The van der Waals surface area contributed by atoms with Crippen molar-refractivity contribution in [2.75, 3.05) is 0 Å². The third kappa shape index (κ3) is 4.42. The summed E-state index contributed by atoms with van der Waals surface area (Å²) in [6, 6.07) is 0. The summed E-state index contributed by atoms with van der Waals surface area (Å²) < 4.78 is 12.7. The second-order valence-electron chi connectivity index (χ2n) is 10.3. The summed E-state index contributed by atoms with van der Waals surface area (Å²) in [6.45, 7) is 6.31. The fourth-order valence-corrected chi connectivity index (χ4v) is 6.28. The Bertz CT molecular complexity index is 706. The molecule has 4 saturated heterocycles. The van der Waals surface area contributed by atoms with Crippen LogP contribution in [0.1, 0.15) is 85.0 Å². The van der Waals surface area contributed by atoms with Crippen molar-refractivity contribution in [3.8, 4) is 0 Å². The number of fused-ring (bicyclic) bond motifs is 2. The van der Waals surface area contributed by atoms with Crippen molar-refractivity contribution in [3.63, 3.8) is 0 Å². The zero-order valence-corrected chi connectivity index (χ0v) is 19.4. The van der Waals surface area contributed by atoms with E-state index in [4.69, 9.17) is 24.5 Å². The van der Waals surface area contributed by atoms with Crippen LogP contribution in [0.4, 0.5) is 0 Å². The molecule has 0 aromatic carbocycles. The van der Waals surface area contributed by atoms with Gasteiger partial charge in [-0.1, -0.05) is 26.7 Å². The van der Waals surface area contributed by atoms with Gasteiger partial charge in [-0.15, -0.1) is 0 Å². The van der Waals surface area contributed by atoms with Gasteiger partial charge in [0.05, 0.1) is 0 Å². The molecule has 9 heteroatoms. The summed E-state index contributed by atoms with van der Waals surface area (Å²) in [5, 5.41) is 11.6. The quantitative estimate of drug-likeness (QED) is 0.223. The van der Waals surface area contributed by atoms with Crippen LogP contribution in [0.25, 0.3) is 0 Å². The molecule has 182 valence electrons. The maximum Gasteiger partial charge on any atom is 0.243 e. The molecule has 5 fully saturated rings. The minimum Gasteiger partial charge on any atom is -0.330 e. The molecule has 1 spiro atoms. The fourth-order valence-electron chi connectivity index (χ4n) is 6.28. The van der Waals surface area contributed by atoms with Gasteiger partial charge in [0.15, 0.2) is 11.9 Å². The highest BCUT2D eigenvalue weighted by Gasteiger charge is 2.69. The van der Waals surface area contributed by atoms with Crippen LogP contribution >= 0.6 is 0 Å². The van der Waals surface area contributed by atoms with E-state index >= 15 is 0 Å². The van der Waals surface area contributed by atoms with Gasteiger partial charge in [-0.2, -0.15) is 0 Å². The summed E-state index contributed by atoms with van der Waals surface area (Å²) in [4.78, 5) is 35.6. The van der Waals surface area contributed by atoms with Crippen LogP contribution in [0.15, 0.2) is 0 Å². The van der Waals surface area contributed by atoms with E-state index in [-0.39, 0.29) is 23.7 Å². The second kappa shape index (κ2) is 9.54. The summed E-state index contributed by atoms with van der Waals surface area (Å²) in [7, 11) is 0. The maximum atomic E-state index is 12.6. The summed E-state index contributed by atoms with van der Waals surface area (Å²) in [5.41, 5.74) is 1.02. The number of amides is 2. The Kier molecular flexibility index (Phi) is 7.12. The number of ether oxygens (including phenoxy) is 2. The van der Waals surface area contributed by atoms with Crippen molar-refractivity contribution in [2.45, 2.75) is 109 Å². The van der Waals surface area contributed by atoms with E-state index in [1.807, 2.05) is 6.92 Å². The van der Waals surface area contributed by atoms with E-state index in [1.165, 1.54) is 0 Å². The molecule has 0 aromatic rings. The summed E-state index contributed by atoms with van der Waals surface area (Å²) in [5.74, 6) is -0.145. The van der Waals surface area contributed by atoms with Crippen LogP contribution in [0.5, 0.6) is 0 Å². The zero-order chi connectivity index (χ0) is 22.9. The van der Waals surface area contributed by atoms with Gasteiger partial charge in [-0.05, 0) is 50.9 Å². The predicted octanol–water partition coefficient (Wildman–Crippen LogP) is 3.16. The Morgan fingerprint density at radius 2 is 1.69 bits per heavy atom. The van der Waals surface area contributed by atoms with Gasteiger partial charge in [0.2, 0.25) is 17.6 Å². The molecule has 5 aliphatic rings. The number of hydroxylamine groups is 1. The molecule has 8 atom stereocenters. The molecule has 1 aliphatic carbocycles. The van der Waals surface area contributed by atoms with Crippen molar-refractivity contribution in [1.29, 1.82) is 0 Å². The highest BCUT2D eigenvalue weighted by atomic mass is 17.3. The van der Waals surface area contributed by atoms with Crippen LogP contribution in [0.2, 0.25) is 0 Å². The van der Waals surface area contributed by atoms with E-state index in [0.717, 1.165) is 44.9 Å². The summed E-state index contributed by atoms with van der Waals surface area (Å²) >= 11 is 0. The minimum atomic E-state index is -0.820. The van der Waals surface area contributed by atoms with E-state index in [0.29, 0.717) is 31.1 Å². The van der Waals surface area contributed by atoms with Crippen molar-refractivity contribution in [1.82, 2.24) is 10.8 Å². The third-order valence-corrected chi connectivity index (χ3v) is 8.14. The molecule has 0 radical (unpaired) electrons. The van der Waals surface area contributed by atoms with E-state index < -0.39 is 23.9 Å². The smallest absolute Gasteiger partial charge is 0.243 e. The Hall–Kier alpha value is -1.26. The standard InChI is InChI=1S/C23H38N2O7/c1-14-10-11-17-15(2)20(24-18(26)8-6-4-5-7-9-19(27)25-28)29-21-23(17)16(14)12-13-22(3,30-21)31-32-23/h14-17,20-21,28H,4-13H2,1-3H3,(H,24,26)(H,25,27)/t14-,15-,16+,17+,20+,21-,22-,23-/m1/s1. The van der Waals surface area contributed by atoms with Gasteiger partial charge < -0.3 is 14.8 Å². The highest BCUT2D eigenvalue weighted by molar-refractivity contribution is 5.76. The monoisotopic (exact) mass is 454 g/mol. The lowest BCUT2D eigenvalue weighted by Crippen LogP contribution is -2.71. The Labute approximate surface area is 189 Å². The first kappa shape index (κ1) is 23.9. The molecule has 4 aliphatic heterocycles. The Morgan fingerprint density at radius 3 is 2.41 bits per heavy atom.